The van der Waals surface area contributed by atoms with Crippen LogP contribution in [0.3, 0.4) is 0 Å². The molecule has 1 aromatic carbocycles. The van der Waals surface area contributed by atoms with Gasteiger partial charge in [0.15, 0.2) is 0 Å². The number of rotatable bonds is 4. The van der Waals surface area contributed by atoms with Gasteiger partial charge in [0.25, 0.3) is 0 Å². The van der Waals surface area contributed by atoms with Crippen molar-refractivity contribution in [2.45, 2.75) is 13.3 Å². The lowest BCUT2D eigenvalue weighted by atomic mass is 10.1. The molecule has 0 spiro atoms. The minimum Gasteiger partial charge on any atom is -0.473 e. The lowest BCUT2D eigenvalue weighted by Gasteiger charge is -1.97. The Labute approximate surface area is 92.2 Å². The van der Waals surface area contributed by atoms with Crippen molar-refractivity contribution < 1.29 is 14.8 Å². The number of nitrogens with zero attached hydrogens (tertiary/aromatic N) is 1. The van der Waals surface area contributed by atoms with Crippen molar-refractivity contribution in [2.75, 3.05) is 0 Å². The highest BCUT2D eigenvalue weighted by Gasteiger charge is 2.19. The summed E-state index contributed by atoms with van der Waals surface area (Å²) in [5.41, 5.74) is 0.769. The van der Waals surface area contributed by atoms with Gasteiger partial charge < -0.3 is 5.11 Å². The molecule has 0 bridgehead atoms. The van der Waals surface area contributed by atoms with E-state index in [1.165, 1.54) is 0 Å². The van der Waals surface area contributed by atoms with Gasteiger partial charge >= 0.3 is 11.7 Å². The van der Waals surface area contributed by atoms with Crippen molar-refractivity contribution in [3.8, 4) is 0 Å². The summed E-state index contributed by atoms with van der Waals surface area (Å²) in [5, 5.41) is 19.0. The maximum atomic E-state index is 10.6. The van der Waals surface area contributed by atoms with E-state index in [1.54, 1.807) is 12.1 Å². The molecule has 0 heterocycles. The molecule has 0 amide bonds. The molecule has 0 aliphatic heterocycles. The number of aliphatic carboxylic acids is 1. The lowest BCUT2D eigenvalue weighted by molar-refractivity contribution is -0.419. The van der Waals surface area contributed by atoms with E-state index in [-0.39, 0.29) is 0 Å². The first-order valence-electron chi connectivity index (χ1n) is 4.73. The predicted molar refractivity (Wildman–Crippen MR) is 58.4 cm³/mol. The number of benzene rings is 1. The second-order valence-corrected chi connectivity index (χ2v) is 3.19. The van der Waals surface area contributed by atoms with Crippen LogP contribution in [0, 0.1) is 10.1 Å². The van der Waals surface area contributed by atoms with Gasteiger partial charge in [0.05, 0.1) is 4.92 Å². The Hall–Kier alpha value is -2.17. The van der Waals surface area contributed by atoms with E-state index < -0.39 is 16.6 Å². The van der Waals surface area contributed by atoms with Gasteiger partial charge in [-0.2, -0.15) is 0 Å². The summed E-state index contributed by atoms with van der Waals surface area (Å²) >= 11 is 0. The predicted octanol–water partition coefficient (Wildman–Crippen LogP) is 1.95. The van der Waals surface area contributed by atoms with Crippen LogP contribution in [0.4, 0.5) is 0 Å². The zero-order valence-electron chi connectivity index (χ0n) is 8.71. The monoisotopic (exact) mass is 221 g/mol. The fourth-order valence-corrected chi connectivity index (χ4v) is 1.20. The van der Waals surface area contributed by atoms with Gasteiger partial charge in [-0.15, -0.1) is 0 Å². The quantitative estimate of drug-likeness (QED) is 0.478. The molecule has 1 N–H and O–H groups in total. The zero-order chi connectivity index (χ0) is 12.1. The second-order valence-electron chi connectivity index (χ2n) is 3.19. The third-order valence-corrected chi connectivity index (χ3v) is 2.11. The number of carboxylic acid groups (broad SMARTS) is 1. The first-order valence-corrected chi connectivity index (χ1v) is 4.73. The van der Waals surface area contributed by atoms with Gasteiger partial charge in [0.2, 0.25) is 0 Å². The van der Waals surface area contributed by atoms with Gasteiger partial charge in [0.1, 0.15) is 0 Å². The van der Waals surface area contributed by atoms with Gasteiger partial charge in [-0.05, 0) is 17.5 Å². The topological polar surface area (TPSA) is 80.4 Å². The standard InChI is InChI=1S/C11H11NO4/c1-2-8-3-5-9(6-4-8)7-10(11(13)14)12(15)16/h3-7H,2H2,1H3,(H,13,14). The van der Waals surface area contributed by atoms with Gasteiger partial charge in [-0.3, -0.25) is 10.1 Å². The van der Waals surface area contributed by atoms with E-state index in [0.29, 0.717) is 5.56 Å². The van der Waals surface area contributed by atoms with Crippen LogP contribution in [-0.4, -0.2) is 16.0 Å². The molecule has 0 saturated carbocycles. The number of nitro groups is 1. The Morgan fingerprint density at radius 2 is 2.00 bits per heavy atom. The Bertz CT molecular complexity index is 418. The Balaban J connectivity index is 3.04. The van der Waals surface area contributed by atoms with Crippen molar-refractivity contribution >= 4 is 12.0 Å². The molecule has 16 heavy (non-hydrogen) atoms. The minimum atomic E-state index is -1.54. The summed E-state index contributed by atoms with van der Waals surface area (Å²) in [5.74, 6) is -1.54. The number of hydrogen-bond donors (Lipinski definition) is 1. The Kier molecular flexibility index (Phi) is 3.77. The first kappa shape index (κ1) is 11.9. The van der Waals surface area contributed by atoms with Gasteiger partial charge in [-0.25, -0.2) is 4.79 Å². The maximum Gasteiger partial charge on any atom is 0.407 e. The van der Waals surface area contributed by atoms with Crippen molar-refractivity contribution in [1.29, 1.82) is 0 Å². The molecule has 0 fully saturated rings. The smallest absolute Gasteiger partial charge is 0.407 e. The summed E-state index contributed by atoms with van der Waals surface area (Å²) in [6, 6.07) is 6.94. The van der Waals surface area contributed by atoms with Crippen molar-refractivity contribution in [3.63, 3.8) is 0 Å². The van der Waals surface area contributed by atoms with Crippen molar-refractivity contribution in [1.82, 2.24) is 0 Å². The van der Waals surface area contributed by atoms with Crippen LogP contribution in [0.1, 0.15) is 18.1 Å². The summed E-state index contributed by atoms with van der Waals surface area (Å²) in [6.45, 7) is 1.99. The second kappa shape index (κ2) is 5.06. The fraction of sp³-hybridized carbons (Fsp3) is 0.182. The molecule has 1 aromatic rings. The van der Waals surface area contributed by atoms with E-state index in [9.17, 15) is 14.9 Å². The largest absolute Gasteiger partial charge is 0.473 e. The molecule has 0 aliphatic rings. The normalized spacial score (nSPS) is 11.2. The third-order valence-electron chi connectivity index (χ3n) is 2.11. The molecule has 0 aromatic heterocycles. The van der Waals surface area contributed by atoms with Crippen LogP contribution in [-0.2, 0) is 11.2 Å². The van der Waals surface area contributed by atoms with Crippen molar-refractivity contribution in [3.05, 3.63) is 51.2 Å². The number of carboxylic acids is 1. The van der Waals surface area contributed by atoms with Crippen LogP contribution in [0.15, 0.2) is 30.0 Å². The fourth-order valence-electron chi connectivity index (χ4n) is 1.20. The molecule has 0 aliphatic carbocycles. The summed E-state index contributed by atoms with van der Waals surface area (Å²) in [7, 11) is 0. The summed E-state index contributed by atoms with van der Waals surface area (Å²) < 4.78 is 0. The van der Waals surface area contributed by atoms with Crippen molar-refractivity contribution in [2.24, 2.45) is 0 Å². The zero-order valence-corrected chi connectivity index (χ0v) is 8.71. The molecule has 0 atom stereocenters. The SMILES string of the molecule is CCc1ccc(C=C(C(=O)O)[N+](=O)[O-])cc1. The summed E-state index contributed by atoms with van der Waals surface area (Å²) in [4.78, 5) is 20.1. The lowest BCUT2D eigenvalue weighted by Crippen LogP contribution is -2.09. The van der Waals surface area contributed by atoms with Crippen LogP contribution in [0.2, 0.25) is 0 Å². The average molecular weight is 221 g/mol. The highest BCUT2D eigenvalue weighted by atomic mass is 16.6. The van der Waals surface area contributed by atoms with E-state index in [4.69, 9.17) is 5.11 Å². The molecular formula is C11H11NO4. The Morgan fingerprint density at radius 1 is 1.44 bits per heavy atom. The van der Waals surface area contributed by atoms with E-state index in [0.717, 1.165) is 18.1 Å². The molecule has 0 saturated heterocycles. The van der Waals surface area contributed by atoms with Gasteiger partial charge in [-0.1, -0.05) is 31.2 Å². The first-order chi connectivity index (χ1) is 7.54. The Morgan fingerprint density at radius 3 is 2.38 bits per heavy atom. The molecule has 0 unspecified atom stereocenters. The van der Waals surface area contributed by atoms with Crippen LogP contribution < -0.4 is 0 Å². The molecular weight excluding hydrogens is 210 g/mol. The maximum absolute atomic E-state index is 10.6. The molecule has 1 rings (SSSR count). The van der Waals surface area contributed by atoms with E-state index >= 15 is 0 Å². The number of hydrogen-bond acceptors (Lipinski definition) is 3. The molecule has 84 valence electrons. The number of carbonyl (C=O) groups is 1. The molecule has 0 radical (unpaired) electrons. The van der Waals surface area contributed by atoms with Crippen LogP contribution >= 0.6 is 0 Å². The van der Waals surface area contributed by atoms with E-state index in [2.05, 4.69) is 0 Å². The minimum absolute atomic E-state index is 0.506. The average Bonchev–Trinajstić information content (AvgIpc) is 2.25. The highest BCUT2D eigenvalue weighted by molar-refractivity contribution is 5.89. The number of aryl methyl sites for hydroxylation is 1. The van der Waals surface area contributed by atoms with Crippen LogP contribution in [0.25, 0.3) is 6.08 Å². The van der Waals surface area contributed by atoms with Gasteiger partial charge in [0, 0.05) is 6.08 Å². The van der Waals surface area contributed by atoms with E-state index in [1.807, 2.05) is 19.1 Å². The summed E-state index contributed by atoms with van der Waals surface area (Å²) in [6.07, 6.45) is 1.91. The third kappa shape index (κ3) is 2.91. The molecule has 5 heteroatoms. The molecule has 5 nitrogen and oxygen atoms in total. The highest BCUT2D eigenvalue weighted by Crippen LogP contribution is 2.10. The van der Waals surface area contributed by atoms with Crippen LogP contribution in [0.5, 0.6) is 0 Å².